The zero-order chi connectivity index (χ0) is 25.1. The maximum Gasteiger partial charge on any atom is 0.338 e. The van der Waals surface area contributed by atoms with E-state index in [1.54, 1.807) is 51.3 Å². The fourth-order valence-corrected chi connectivity index (χ4v) is 5.00. The number of rotatable bonds is 7. The summed E-state index contributed by atoms with van der Waals surface area (Å²) in [6.07, 6.45) is 1.75. The van der Waals surface area contributed by atoms with Crippen molar-refractivity contribution >= 4 is 23.4 Å². The highest BCUT2D eigenvalue weighted by Crippen LogP contribution is 2.31. The SMILES string of the molecule is CCOC(=O)C1=C(C)N=c2s/c(=C\c3ccc(OC)c(OCC)c3)c(=O)n2[C@@H]1c1ccc(F)cc1. The number of fused-ring (bicyclic) bond motifs is 1. The summed E-state index contributed by atoms with van der Waals surface area (Å²) in [5, 5.41) is 0. The molecule has 0 spiro atoms. The van der Waals surface area contributed by atoms with Crippen LogP contribution in [0.4, 0.5) is 4.39 Å². The molecule has 1 atom stereocenters. The molecule has 182 valence electrons. The molecule has 2 heterocycles. The summed E-state index contributed by atoms with van der Waals surface area (Å²) in [5.74, 6) is 0.190. The molecular weight excluding hydrogens is 471 g/mol. The molecular formula is C26H25FN2O5S. The number of methoxy groups -OCH3 is 1. The molecule has 0 amide bonds. The molecule has 1 aliphatic rings. The lowest BCUT2D eigenvalue weighted by atomic mass is 9.96. The van der Waals surface area contributed by atoms with Gasteiger partial charge in [-0.15, -0.1) is 0 Å². The van der Waals surface area contributed by atoms with E-state index in [1.165, 1.54) is 28.0 Å². The molecule has 3 aromatic rings. The molecule has 0 aliphatic carbocycles. The van der Waals surface area contributed by atoms with Crippen LogP contribution in [-0.2, 0) is 9.53 Å². The second kappa shape index (κ2) is 10.3. The number of halogens is 1. The quantitative estimate of drug-likeness (QED) is 0.469. The molecule has 4 rings (SSSR count). The van der Waals surface area contributed by atoms with Gasteiger partial charge < -0.3 is 14.2 Å². The Morgan fingerprint density at radius 1 is 1.14 bits per heavy atom. The summed E-state index contributed by atoms with van der Waals surface area (Å²) in [4.78, 5) is 31.5. The van der Waals surface area contributed by atoms with Crippen molar-refractivity contribution in [2.75, 3.05) is 20.3 Å². The van der Waals surface area contributed by atoms with Crippen molar-refractivity contribution in [2.24, 2.45) is 4.99 Å². The van der Waals surface area contributed by atoms with Crippen LogP contribution in [0, 0.1) is 5.82 Å². The predicted molar refractivity (Wildman–Crippen MR) is 131 cm³/mol. The van der Waals surface area contributed by atoms with Crippen molar-refractivity contribution in [3.05, 3.63) is 90.4 Å². The normalized spacial score (nSPS) is 15.5. The highest BCUT2D eigenvalue weighted by molar-refractivity contribution is 7.07. The van der Waals surface area contributed by atoms with E-state index in [-0.39, 0.29) is 17.7 Å². The number of allylic oxidation sites excluding steroid dienone is 1. The molecule has 35 heavy (non-hydrogen) atoms. The fourth-order valence-electron chi connectivity index (χ4n) is 3.95. The summed E-state index contributed by atoms with van der Waals surface area (Å²) in [5.41, 5.74) is 1.72. The highest BCUT2D eigenvalue weighted by atomic mass is 32.1. The average Bonchev–Trinajstić information content (AvgIpc) is 3.13. The number of carbonyl (C=O) groups is 1. The third-order valence-corrected chi connectivity index (χ3v) is 6.47. The van der Waals surface area contributed by atoms with Crippen LogP contribution >= 0.6 is 11.3 Å². The van der Waals surface area contributed by atoms with Gasteiger partial charge in [0, 0.05) is 0 Å². The maximum absolute atomic E-state index is 13.7. The Bertz CT molecular complexity index is 1470. The van der Waals surface area contributed by atoms with Crippen molar-refractivity contribution < 1.29 is 23.4 Å². The zero-order valence-electron chi connectivity index (χ0n) is 19.8. The lowest BCUT2D eigenvalue weighted by molar-refractivity contribution is -0.139. The molecule has 0 N–H and O–H groups in total. The summed E-state index contributed by atoms with van der Waals surface area (Å²) in [6.45, 7) is 5.94. The number of benzene rings is 2. The van der Waals surface area contributed by atoms with E-state index in [0.29, 0.717) is 38.7 Å². The van der Waals surface area contributed by atoms with Crippen molar-refractivity contribution in [1.82, 2.24) is 4.57 Å². The second-order valence-corrected chi connectivity index (χ2v) is 8.71. The predicted octanol–water partition coefficient (Wildman–Crippen LogP) is 3.34. The first-order chi connectivity index (χ1) is 16.9. The van der Waals surface area contributed by atoms with Crippen LogP contribution in [0.3, 0.4) is 0 Å². The summed E-state index contributed by atoms with van der Waals surface area (Å²) in [6, 6.07) is 10.3. The molecule has 0 saturated heterocycles. The van der Waals surface area contributed by atoms with Crippen LogP contribution in [0.1, 0.15) is 37.9 Å². The number of hydrogen-bond acceptors (Lipinski definition) is 7. The van der Waals surface area contributed by atoms with E-state index >= 15 is 0 Å². The van der Waals surface area contributed by atoms with Crippen LogP contribution in [0.25, 0.3) is 6.08 Å². The molecule has 0 bridgehead atoms. The van der Waals surface area contributed by atoms with Gasteiger partial charge in [0.25, 0.3) is 5.56 Å². The minimum Gasteiger partial charge on any atom is -0.493 e. The topological polar surface area (TPSA) is 79.1 Å². The first-order valence-electron chi connectivity index (χ1n) is 11.1. The highest BCUT2D eigenvalue weighted by Gasteiger charge is 2.33. The number of esters is 1. The van der Waals surface area contributed by atoms with Gasteiger partial charge in [-0.25, -0.2) is 14.2 Å². The van der Waals surface area contributed by atoms with Gasteiger partial charge in [-0.05, 0) is 62.2 Å². The number of carbonyl (C=O) groups excluding carboxylic acids is 1. The molecule has 0 saturated carbocycles. The number of hydrogen-bond donors (Lipinski definition) is 0. The van der Waals surface area contributed by atoms with Gasteiger partial charge in [0.1, 0.15) is 5.82 Å². The summed E-state index contributed by atoms with van der Waals surface area (Å²) in [7, 11) is 1.56. The van der Waals surface area contributed by atoms with Crippen LogP contribution in [0.15, 0.2) is 63.5 Å². The smallest absolute Gasteiger partial charge is 0.338 e. The van der Waals surface area contributed by atoms with Gasteiger partial charge in [-0.1, -0.05) is 29.5 Å². The standard InChI is InChI=1S/C26H25FN2O5S/c1-5-33-20-13-16(7-12-19(20)32-4)14-21-24(30)29-23(17-8-10-18(27)11-9-17)22(25(31)34-6-2)15(3)28-26(29)35-21/h7-14,23H,5-6H2,1-4H3/b21-14-/t23-/m1/s1. The summed E-state index contributed by atoms with van der Waals surface area (Å²) >= 11 is 1.21. The second-order valence-electron chi connectivity index (χ2n) is 7.70. The first-order valence-corrected chi connectivity index (χ1v) is 12.0. The van der Waals surface area contributed by atoms with Gasteiger partial charge in [0.05, 0.1) is 42.2 Å². The Balaban J connectivity index is 1.91. The number of nitrogens with zero attached hydrogens (tertiary/aromatic N) is 2. The van der Waals surface area contributed by atoms with Crippen molar-refractivity contribution in [2.45, 2.75) is 26.8 Å². The van der Waals surface area contributed by atoms with Crippen molar-refractivity contribution in [3.63, 3.8) is 0 Å². The molecule has 1 aliphatic heterocycles. The van der Waals surface area contributed by atoms with Gasteiger partial charge in [-0.2, -0.15) is 0 Å². The minimum absolute atomic E-state index is 0.176. The Morgan fingerprint density at radius 3 is 2.54 bits per heavy atom. The largest absolute Gasteiger partial charge is 0.493 e. The van der Waals surface area contributed by atoms with E-state index in [4.69, 9.17) is 14.2 Å². The van der Waals surface area contributed by atoms with E-state index in [2.05, 4.69) is 4.99 Å². The van der Waals surface area contributed by atoms with Crippen molar-refractivity contribution in [1.29, 1.82) is 0 Å². The Labute approximate surface area is 205 Å². The monoisotopic (exact) mass is 496 g/mol. The van der Waals surface area contributed by atoms with Crippen LogP contribution in [0.5, 0.6) is 11.5 Å². The lowest BCUT2D eigenvalue weighted by Crippen LogP contribution is -2.39. The third kappa shape index (κ3) is 4.77. The molecule has 0 radical (unpaired) electrons. The Morgan fingerprint density at radius 2 is 1.89 bits per heavy atom. The van der Waals surface area contributed by atoms with Crippen molar-refractivity contribution in [3.8, 4) is 11.5 Å². The molecule has 0 fully saturated rings. The van der Waals surface area contributed by atoms with Gasteiger partial charge >= 0.3 is 5.97 Å². The summed E-state index contributed by atoms with van der Waals surface area (Å²) < 4.78 is 31.8. The molecule has 2 aromatic carbocycles. The van der Waals surface area contributed by atoms with Gasteiger partial charge in [-0.3, -0.25) is 9.36 Å². The molecule has 0 unspecified atom stereocenters. The Hall–Kier alpha value is -3.72. The van der Waals surface area contributed by atoms with E-state index in [0.717, 1.165) is 5.56 Å². The molecule has 1 aromatic heterocycles. The first kappa shape index (κ1) is 24.4. The fraction of sp³-hybridized carbons (Fsp3) is 0.269. The minimum atomic E-state index is -0.789. The average molecular weight is 497 g/mol. The van der Waals surface area contributed by atoms with Gasteiger partial charge in [0.15, 0.2) is 16.3 Å². The molecule has 7 nitrogen and oxygen atoms in total. The lowest BCUT2D eigenvalue weighted by Gasteiger charge is -2.24. The Kier molecular flexibility index (Phi) is 7.16. The zero-order valence-corrected chi connectivity index (χ0v) is 20.6. The van der Waals surface area contributed by atoms with E-state index in [1.807, 2.05) is 13.0 Å². The number of thiazole rings is 1. The third-order valence-electron chi connectivity index (χ3n) is 5.49. The van der Waals surface area contributed by atoms with Gasteiger partial charge in [0.2, 0.25) is 0 Å². The van der Waals surface area contributed by atoms with E-state index in [9.17, 15) is 14.0 Å². The van der Waals surface area contributed by atoms with Crippen LogP contribution in [-0.4, -0.2) is 30.9 Å². The maximum atomic E-state index is 13.7. The number of aromatic nitrogens is 1. The van der Waals surface area contributed by atoms with Crippen LogP contribution < -0.4 is 24.4 Å². The number of ether oxygens (including phenoxy) is 3. The van der Waals surface area contributed by atoms with Crippen LogP contribution in [0.2, 0.25) is 0 Å². The van der Waals surface area contributed by atoms with E-state index < -0.39 is 17.8 Å². The molecule has 9 heteroatoms.